The van der Waals surface area contributed by atoms with E-state index in [0.29, 0.717) is 6.54 Å². The largest absolute Gasteiger partial charge is 0.378 e. The molecule has 24 heavy (non-hydrogen) atoms. The maximum Gasteiger partial charge on any atom is 0.134 e. The molecule has 0 radical (unpaired) electrons. The Kier molecular flexibility index (Phi) is 3.59. The predicted octanol–water partition coefficient (Wildman–Crippen LogP) is 3.37. The third-order valence-corrected chi connectivity index (χ3v) is 4.30. The molecule has 1 N–H and O–H groups in total. The van der Waals surface area contributed by atoms with Gasteiger partial charge in [0.2, 0.25) is 0 Å². The molecule has 0 unspecified atom stereocenters. The zero-order valence-electron chi connectivity index (χ0n) is 13.1. The molecule has 4 heteroatoms. The topological polar surface area (TPSA) is 50.9 Å². The Bertz CT molecular complexity index is 909. The number of fused-ring (bicyclic) bond motifs is 1. The summed E-state index contributed by atoms with van der Waals surface area (Å²) in [7, 11) is 0. The summed E-state index contributed by atoms with van der Waals surface area (Å²) in [6.07, 6.45) is 0. The minimum atomic E-state index is -1.18. The van der Waals surface area contributed by atoms with Gasteiger partial charge in [-0.25, -0.2) is 4.68 Å². The number of aliphatic hydroxyl groups is 1. The van der Waals surface area contributed by atoms with Crippen LogP contribution in [-0.4, -0.2) is 20.1 Å². The maximum absolute atomic E-state index is 11.6. The van der Waals surface area contributed by atoms with E-state index in [0.717, 1.165) is 22.2 Å². The van der Waals surface area contributed by atoms with Crippen LogP contribution in [-0.2, 0) is 12.1 Å². The third kappa shape index (κ3) is 2.47. The molecule has 4 rings (SSSR count). The standard InChI is InChI=1S/C20H17N3O/c24-20(16-9-3-1-4-10-16,17-11-5-2-6-12-17)15-23-19-14-8-7-13-18(19)21-22-23/h1-14,24H,15H2. The Balaban J connectivity index is 1.85. The van der Waals surface area contributed by atoms with Gasteiger partial charge in [0.15, 0.2) is 0 Å². The van der Waals surface area contributed by atoms with Crippen LogP contribution in [0.25, 0.3) is 11.0 Å². The SMILES string of the molecule is OC(Cn1nnc2ccccc21)(c1ccccc1)c1ccccc1. The van der Waals surface area contributed by atoms with E-state index in [4.69, 9.17) is 0 Å². The number of aromatic nitrogens is 3. The van der Waals surface area contributed by atoms with Crippen LogP contribution in [0, 0.1) is 0 Å². The van der Waals surface area contributed by atoms with Gasteiger partial charge in [0.05, 0.1) is 12.1 Å². The summed E-state index contributed by atoms with van der Waals surface area (Å²) in [6.45, 7) is 0.293. The van der Waals surface area contributed by atoms with Gasteiger partial charge in [-0.3, -0.25) is 0 Å². The van der Waals surface area contributed by atoms with Gasteiger partial charge in [-0.15, -0.1) is 5.10 Å². The predicted molar refractivity (Wildman–Crippen MR) is 93.4 cm³/mol. The van der Waals surface area contributed by atoms with Crippen molar-refractivity contribution in [1.29, 1.82) is 0 Å². The first-order valence-electron chi connectivity index (χ1n) is 7.89. The molecule has 0 bridgehead atoms. The number of hydrogen-bond acceptors (Lipinski definition) is 3. The molecule has 0 atom stereocenters. The fourth-order valence-corrected chi connectivity index (χ4v) is 3.03. The van der Waals surface area contributed by atoms with Crippen molar-refractivity contribution in [3.8, 4) is 0 Å². The van der Waals surface area contributed by atoms with Gasteiger partial charge in [-0.05, 0) is 23.3 Å². The highest BCUT2D eigenvalue weighted by atomic mass is 16.3. The Morgan fingerprint density at radius 1 is 0.750 bits per heavy atom. The molecule has 0 aliphatic rings. The Hall–Kier alpha value is -2.98. The van der Waals surface area contributed by atoms with E-state index in [1.807, 2.05) is 84.9 Å². The smallest absolute Gasteiger partial charge is 0.134 e. The lowest BCUT2D eigenvalue weighted by Gasteiger charge is -2.29. The fraction of sp³-hybridized carbons (Fsp3) is 0.100. The highest BCUT2D eigenvalue weighted by Gasteiger charge is 2.33. The van der Waals surface area contributed by atoms with E-state index in [2.05, 4.69) is 10.3 Å². The molecule has 0 aliphatic carbocycles. The lowest BCUT2D eigenvalue weighted by Crippen LogP contribution is -2.33. The first-order chi connectivity index (χ1) is 11.8. The summed E-state index contributed by atoms with van der Waals surface area (Å²) in [5.41, 5.74) is 2.20. The number of nitrogens with zero attached hydrogens (tertiary/aromatic N) is 3. The highest BCUT2D eigenvalue weighted by molar-refractivity contribution is 5.73. The van der Waals surface area contributed by atoms with E-state index in [1.54, 1.807) is 4.68 Å². The molecule has 0 fully saturated rings. The van der Waals surface area contributed by atoms with Crippen molar-refractivity contribution in [2.45, 2.75) is 12.1 Å². The average molecular weight is 315 g/mol. The summed E-state index contributed by atoms with van der Waals surface area (Å²) in [4.78, 5) is 0. The van der Waals surface area contributed by atoms with E-state index >= 15 is 0 Å². The lowest BCUT2D eigenvalue weighted by atomic mass is 9.86. The molecule has 1 aromatic heterocycles. The molecule has 4 aromatic rings. The molecule has 4 nitrogen and oxygen atoms in total. The number of hydrogen-bond donors (Lipinski definition) is 1. The summed E-state index contributed by atoms with van der Waals surface area (Å²) < 4.78 is 1.76. The highest BCUT2D eigenvalue weighted by Crippen LogP contribution is 2.32. The molecular formula is C20H17N3O. The van der Waals surface area contributed by atoms with Gasteiger partial charge in [0, 0.05) is 0 Å². The zero-order valence-corrected chi connectivity index (χ0v) is 13.1. The maximum atomic E-state index is 11.6. The molecule has 0 saturated heterocycles. The minimum Gasteiger partial charge on any atom is -0.378 e. The third-order valence-electron chi connectivity index (χ3n) is 4.30. The van der Waals surface area contributed by atoms with Gasteiger partial charge < -0.3 is 5.11 Å². The van der Waals surface area contributed by atoms with E-state index in [-0.39, 0.29) is 0 Å². The van der Waals surface area contributed by atoms with Crippen LogP contribution in [0.1, 0.15) is 11.1 Å². The fourth-order valence-electron chi connectivity index (χ4n) is 3.03. The van der Waals surface area contributed by atoms with Gasteiger partial charge in [0.25, 0.3) is 0 Å². The second-order valence-corrected chi connectivity index (χ2v) is 5.83. The first-order valence-corrected chi connectivity index (χ1v) is 7.89. The summed E-state index contributed by atoms with van der Waals surface area (Å²) in [5.74, 6) is 0. The molecular weight excluding hydrogens is 298 g/mol. The van der Waals surface area contributed by atoms with Crippen molar-refractivity contribution >= 4 is 11.0 Å². The van der Waals surface area contributed by atoms with Crippen molar-refractivity contribution in [2.24, 2.45) is 0 Å². The second kappa shape index (κ2) is 5.91. The number of para-hydroxylation sites is 1. The van der Waals surface area contributed by atoms with Crippen LogP contribution in [0.2, 0.25) is 0 Å². The Labute approximate surface area is 140 Å². The van der Waals surface area contributed by atoms with Gasteiger partial charge in [-0.2, -0.15) is 0 Å². The van der Waals surface area contributed by atoms with Crippen LogP contribution < -0.4 is 0 Å². The quantitative estimate of drug-likeness (QED) is 0.628. The van der Waals surface area contributed by atoms with Crippen LogP contribution in [0.4, 0.5) is 0 Å². The van der Waals surface area contributed by atoms with Crippen molar-refractivity contribution < 1.29 is 5.11 Å². The minimum absolute atomic E-state index is 0.293. The molecule has 0 amide bonds. The van der Waals surface area contributed by atoms with Crippen molar-refractivity contribution in [3.05, 3.63) is 96.1 Å². The summed E-state index contributed by atoms with van der Waals surface area (Å²) in [5, 5.41) is 20.0. The van der Waals surface area contributed by atoms with Crippen LogP contribution in [0.3, 0.4) is 0 Å². The Morgan fingerprint density at radius 3 is 1.92 bits per heavy atom. The van der Waals surface area contributed by atoms with Crippen molar-refractivity contribution in [1.82, 2.24) is 15.0 Å². The first kappa shape index (κ1) is 14.6. The van der Waals surface area contributed by atoms with E-state index < -0.39 is 5.60 Å². The van der Waals surface area contributed by atoms with E-state index in [1.165, 1.54) is 0 Å². The van der Waals surface area contributed by atoms with Gasteiger partial charge in [0.1, 0.15) is 11.1 Å². The Morgan fingerprint density at radius 2 is 1.29 bits per heavy atom. The van der Waals surface area contributed by atoms with Crippen molar-refractivity contribution in [3.63, 3.8) is 0 Å². The molecule has 118 valence electrons. The van der Waals surface area contributed by atoms with E-state index in [9.17, 15) is 5.11 Å². The zero-order chi connectivity index (χ0) is 16.4. The van der Waals surface area contributed by atoms with Gasteiger partial charge >= 0.3 is 0 Å². The average Bonchev–Trinajstić information content (AvgIpc) is 3.06. The number of rotatable bonds is 4. The number of benzene rings is 3. The molecule has 0 saturated carbocycles. The normalized spacial score (nSPS) is 11.7. The van der Waals surface area contributed by atoms with Crippen molar-refractivity contribution in [2.75, 3.05) is 0 Å². The molecule has 3 aromatic carbocycles. The summed E-state index contributed by atoms with van der Waals surface area (Å²) in [6, 6.07) is 27.1. The summed E-state index contributed by atoms with van der Waals surface area (Å²) >= 11 is 0. The van der Waals surface area contributed by atoms with Crippen LogP contribution >= 0.6 is 0 Å². The monoisotopic (exact) mass is 315 g/mol. The lowest BCUT2D eigenvalue weighted by molar-refractivity contribution is 0.0581. The second-order valence-electron chi connectivity index (χ2n) is 5.83. The van der Waals surface area contributed by atoms with Crippen LogP contribution in [0.5, 0.6) is 0 Å². The molecule has 0 aliphatic heterocycles. The van der Waals surface area contributed by atoms with Gasteiger partial charge in [-0.1, -0.05) is 78.0 Å². The molecule has 0 spiro atoms. The molecule has 1 heterocycles. The van der Waals surface area contributed by atoms with Crippen LogP contribution in [0.15, 0.2) is 84.9 Å².